The van der Waals surface area contributed by atoms with Crippen LogP contribution in [0.1, 0.15) is 10.4 Å². The van der Waals surface area contributed by atoms with Gasteiger partial charge in [-0.15, -0.1) is 10.2 Å². The highest BCUT2D eigenvalue weighted by atomic mass is 19.1. The van der Waals surface area contributed by atoms with E-state index in [2.05, 4.69) is 25.9 Å². The molecule has 1 amide bonds. The second kappa shape index (κ2) is 7.50. The number of carbonyl (C=O) groups is 1. The fourth-order valence-corrected chi connectivity index (χ4v) is 2.97. The number of tetrazole rings is 1. The minimum Gasteiger partial charge on any atom is -0.378 e. The Balaban J connectivity index is 1.60. The predicted octanol–water partition coefficient (Wildman–Crippen LogP) is 2.09. The van der Waals surface area contributed by atoms with Gasteiger partial charge in [0.2, 0.25) is 5.82 Å². The number of ether oxygens (including phenoxy) is 1. The molecule has 0 spiro atoms. The van der Waals surface area contributed by atoms with E-state index in [1.54, 1.807) is 30.3 Å². The average molecular weight is 368 g/mol. The monoisotopic (exact) mass is 368 g/mol. The third kappa shape index (κ3) is 3.77. The van der Waals surface area contributed by atoms with E-state index in [-0.39, 0.29) is 5.56 Å². The van der Waals surface area contributed by atoms with E-state index >= 15 is 0 Å². The van der Waals surface area contributed by atoms with Gasteiger partial charge in [-0.05, 0) is 35.5 Å². The molecule has 2 N–H and O–H groups in total. The summed E-state index contributed by atoms with van der Waals surface area (Å²) in [6.45, 7) is 2.47. The van der Waals surface area contributed by atoms with Crippen LogP contribution in [0, 0.1) is 5.82 Å². The lowest BCUT2D eigenvalue weighted by Crippen LogP contribution is -2.36. The second-order valence-electron chi connectivity index (χ2n) is 6.03. The minimum absolute atomic E-state index is 0.236. The highest BCUT2D eigenvalue weighted by Crippen LogP contribution is 2.26. The first-order valence-corrected chi connectivity index (χ1v) is 8.48. The molecule has 9 heteroatoms. The number of aromatic amines is 1. The van der Waals surface area contributed by atoms with E-state index in [0.717, 1.165) is 0 Å². The fourth-order valence-electron chi connectivity index (χ4n) is 2.97. The van der Waals surface area contributed by atoms with Crippen LogP contribution in [0.3, 0.4) is 0 Å². The van der Waals surface area contributed by atoms with Crippen LogP contribution in [0.15, 0.2) is 42.5 Å². The van der Waals surface area contributed by atoms with E-state index < -0.39 is 11.7 Å². The van der Waals surface area contributed by atoms with Crippen LogP contribution in [0.25, 0.3) is 11.4 Å². The number of amides is 1. The molecule has 1 aliphatic rings. The largest absolute Gasteiger partial charge is 0.378 e. The van der Waals surface area contributed by atoms with Crippen molar-refractivity contribution in [1.29, 1.82) is 0 Å². The topological polar surface area (TPSA) is 96.0 Å². The maximum absolute atomic E-state index is 14.1. The number of para-hydroxylation sites is 1. The van der Waals surface area contributed by atoms with Crippen molar-refractivity contribution in [3.05, 3.63) is 53.8 Å². The molecule has 0 radical (unpaired) electrons. The molecule has 1 fully saturated rings. The number of halogens is 1. The molecule has 8 nitrogen and oxygen atoms in total. The lowest BCUT2D eigenvalue weighted by Gasteiger charge is -2.29. The molecule has 0 unspecified atom stereocenters. The van der Waals surface area contributed by atoms with Crippen LogP contribution in [-0.4, -0.2) is 52.8 Å². The van der Waals surface area contributed by atoms with Crippen molar-refractivity contribution in [3.63, 3.8) is 0 Å². The highest BCUT2D eigenvalue weighted by molar-refractivity contribution is 6.06. The van der Waals surface area contributed by atoms with Gasteiger partial charge in [-0.1, -0.05) is 12.1 Å². The fraction of sp³-hybridized carbons (Fsp3) is 0.222. The molecule has 4 rings (SSSR count). The maximum Gasteiger partial charge on any atom is 0.255 e. The molecule has 0 saturated carbocycles. The summed E-state index contributed by atoms with van der Waals surface area (Å²) in [5.74, 6) is -0.519. The Morgan fingerprint density at radius 1 is 1.19 bits per heavy atom. The zero-order valence-electron chi connectivity index (χ0n) is 14.4. The lowest BCUT2D eigenvalue weighted by molar-refractivity contribution is 0.102. The summed E-state index contributed by atoms with van der Waals surface area (Å²) in [5.41, 5.74) is 2.03. The Hall–Kier alpha value is -3.33. The number of nitrogens with one attached hydrogen (secondary N) is 2. The normalized spacial score (nSPS) is 14.2. The van der Waals surface area contributed by atoms with Crippen molar-refractivity contribution in [2.45, 2.75) is 0 Å². The molecule has 2 heterocycles. The first kappa shape index (κ1) is 17.1. The Kier molecular flexibility index (Phi) is 4.75. The van der Waals surface area contributed by atoms with Gasteiger partial charge >= 0.3 is 0 Å². The van der Waals surface area contributed by atoms with Gasteiger partial charge in [0.25, 0.3) is 5.91 Å². The SMILES string of the molecule is O=C(Nc1ccccc1-c1nn[nH]n1)c1cc(F)cc(N2CCOCC2)c1. The molecule has 1 aliphatic heterocycles. The van der Waals surface area contributed by atoms with Crippen molar-refractivity contribution in [2.24, 2.45) is 0 Å². The summed E-state index contributed by atoms with van der Waals surface area (Å²) in [6.07, 6.45) is 0. The van der Waals surface area contributed by atoms with E-state index in [1.807, 2.05) is 4.90 Å². The first-order chi connectivity index (χ1) is 13.2. The van der Waals surface area contributed by atoms with Crippen molar-refractivity contribution >= 4 is 17.3 Å². The van der Waals surface area contributed by atoms with E-state index in [0.29, 0.717) is 49.1 Å². The zero-order chi connectivity index (χ0) is 18.6. The third-order valence-electron chi connectivity index (χ3n) is 4.28. The Morgan fingerprint density at radius 3 is 2.78 bits per heavy atom. The second-order valence-corrected chi connectivity index (χ2v) is 6.03. The Labute approximate surface area is 154 Å². The van der Waals surface area contributed by atoms with Gasteiger partial charge in [-0.25, -0.2) is 4.39 Å². The average Bonchev–Trinajstić information content (AvgIpc) is 3.23. The zero-order valence-corrected chi connectivity index (χ0v) is 14.4. The van der Waals surface area contributed by atoms with Crippen LogP contribution < -0.4 is 10.2 Å². The predicted molar refractivity (Wildman–Crippen MR) is 97.0 cm³/mol. The van der Waals surface area contributed by atoms with Crippen LogP contribution in [0.2, 0.25) is 0 Å². The third-order valence-corrected chi connectivity index (χ3v) is 4.28. The molecule has 2 aromatic carbocycles. The number of nitrogens with zero attached hydrogens (tertiary/aromatic N) is 4. The highest BCUT2D eigenvalue weighted by Gasteiger charge is 2.17. The number of aromatic nitrogens is 4. The molecule has 138 valence electrons. The van der Waals surface area contributed by atoms with Crippen LogP contribution in [0.4, 0.5) is 15.8 Å². The molecule has 0 bridgehead atoms. The summed E-state index contributed by atoms with van der Waals surface area (Å²) in [6, 6.07) is 11.4. The van der Waals surface area contributed by atoms with Crippen molar-refractivity contribution in [1.82, 2.24) is 20.6 Å². The number of anilines is 2. The molecular weight excluding hydrogens is 351 g/mol. The Bertz CT molecular complexity index is 941. The molecule has 27 heavy (non-hydrogen) atoms. The van der Waals surface area contributed by atoms with Gasteiger partial charge < -0.3 is 15.0 Å². The van der Waals surface area contributed by atoms with Gasteiger partial charge in [0.05, 0.1) is 18.9 Å². The summed E-state index contributed by atoms with van der Waals surface area (Å²) >= 11 is 0. The number of benzene rings is 2. The number of morpholine rings is 1. The smallest absolute Gasteiger partial charge is 0.255 e. The molecule has 1 aromatic heterocycles. The van der Waals surface area contributed by atoms with Gasteiger partial charge in [0.1, 0.15) is 5.82 Å². The summed E-state index contributed by atoms with van der Waals surface area (Å²) < 4.78 is 19.4. The standard InChI is InChI=1S/C18H17FN6O2/c19-13-9-12(10-14(11-13)25-5-7-27-8-6-25)18(26)20-16-4-2-1-3-15(16)17-21-23-24-22-17/h1-4,9-11H,5-8H2,(H,20,26)(H,21,22,23,24). The quantitative estimate of drug-likeness (QED) is 0.732. The number of carbonyl (C=O) groups excluding carboxylic acids is 1. The molecule has 3 aromatic rings. The van der Waals surface area contributed by atoms with E-state index in [1.165, 1.54) is 12.1 Å². The Morgan fingerprint density at radius 2 is 2.00 bits per heavy atom. The van der Waals surface area contributed by atoms with Gasteiger partial charge in [-0.2, -0.15) is 5.21 Å². The number of hydrogen-bond acceptors (Lipinski definition) is 6. The summed E-state index contributed by atoms with van der Waals surface area (Å²) in [5, 5.41) is 16.6. The lowest BCUT2D eigenvalue weighted by atomic mass is 10.1. The molecular formula is C18H17FN6O2. The molecule has 1 saturated heterocycles. The number of H-pyrrole nitrogens is 1. The van der Waals surface area contributed by atoms with Crippen molar-refractivity contribution in [2.75, 3.05) is 36.5 Å². The summed E-state index contributed by atoms with van der Waals surface area (Å²) in [4.78, 5) is 14.7. The van der Waals surface area contributed by atoms with Crippen LogP contribution in [-0.2, 0) is 4.74 Å². The van der Waals surface area contributed by atoms with E-state index in [9.17, 15) is 9.18 Å². The number of rotatable bonds is 4. The van der Waals surface area contributed by atoms with Gasteiger partial charge in [0.15, 0.2) is 0 Å². The minimum atomic E-state index is -0.462. The number of hydrogen-bond donors (Lipinski definition) is 2. The first-order valence-electron chi connectivity index (χ1n) is 8.48. The van der Waals surface area contributed by atoms with Crippen molar-refractivity contribution < 1.29 is 13.9 Å². The molecule has 0 aliphatic carbocycles. The molecule has 0 atom stereocenters. The maximum atomic E-state index is 14.1. The van der Waals surface area contributed by atoms with Gasteiger partial charge in [-0.3, -0.25) is 4.79 Å². The van der Waals surface area contributed by atoms with Gasteiger partial charge in [0, 0.05) is 29.9 Å². The van der Waals surface area contributed by atoms with Crippen LogP contribution >= 0.6 is 0 Å². The van der Waals surface area contributed by atoms with Crippen molar-refractivity contribution in [3.8, 4) is 11.4 Å². The van der Waals surface area contributed by atoms with E-state index in [4.69, 9.17) is 4.74 Å². The summed E-state index contributed by atoms with van der Waals surface area (Å²) in [7, 11) is 0. The van der Waals surface area contributed by atoms with Crippen LogP contribution in [0.5, 0.6) is 0 Å².